The Balaban J connectivity index is 1.91. The minimum Gasteiger partial charge on any atom is -0.462 e. The fourth-order valence-electron chi connectivity index (χ4n) is 1.52. The maximum Gasteiger partial charge on any atom is 0.340 e. The molecule has 1 aromatic carbocycles. The van der Waals surface area contributed by atoms with Crippen molar-refractivity contribution in [2.75, 3.05) is 12.3 Å². The first-order chi connectivity index (χ1) is 7.66. The minimum atomic E-state index is -0.328. The number of hydrogen-bond acceptors (Lipinski definition) is 3. The van der Waals surface area contributed by atoms with Crippen molar-refractivity contribution >= 4 is 27.6 Å². The van der Waals surface area contributed by atoms with Gasteiger partial charge in [-0.25, -0.2) is 4.79 Å². The highest BCUT2D eigenvalue weighted by molar-refractivity contribution is 9.10. The van der Waals surface area contributed by atoms with Gasteiger partial charge in [0.05, 0.1) is 12.2 Å². The van der Waals surface area contributed by atoms with Crippen molar-refractivity contribution in [3.63, 3.8) is 0 Å². The van der Waals surface area contributed by atoms with Crippen LogP contribution in [0.15, 0.2) is 22.7 Å². The quantitative estimate of drug-likeness (QED) is 0.683. The standard InChI is InChI=1S/C12H14BrNO2/c13-9-3-4-10(11(14)7-9)12(15)16-6-5-8-1-2-8/h3-4,7-8H,1-2,5-6,14H2. The molecule has 0 saturated heterocycles. The van der Waals surface area contributed by atoms with Crippen molar-refractivity contribution < 1.29 is 9.53 Å². The molecule has 1 aromatic rings. The zero-order valence-corrected chi connectivity index (χ0v) is 10.5. The third kappa shape index (κ3) is 2.98. The number of nitrogens with two attached hydrogens (primary N) is 1. The van der Waals surface area contributed by atoms with Crippen molar-refractivity contribution in [3.8, 4) is 0 Å². The molecule has 3 nitrogen and oxygen atoms in total. The molecule has 1 aliphatic carbocycles. The summed E-state index contributed by atoms with van der Waals surface area (Å²) in [6, 6.07) is 5.17. The van der Waals surface area contributed by atoms with Crippen molar-refractivity contribution in [3.05, 3.63) is 28.2 Å². The Labute approximate surface area is 103 Å². The van der Waals surface area contributed by atoms with E-state index in [1.165, 1.54) is 12.8 Å². The Morgan fingerprint density at radius 2 is 2.25 bits per heavy atom. The third-order valence-corrected chi connectivity index (χ3v) is 3.18. The van der Waals surface area contributed by atoms with Crippen LogP contribution in [0.3, 0.4) is 0 Å². The Morgan fingerprint density at radius 3 is 2.88 bits per heavy atom. The van der Waals surface area contributed by atoms with Crippen LogP contribution in [0.4, 0.5) is 5.69 Å². The fraction of sp³-hybridized carbons (Fsp3) is 0.417. The Morgan fingerprint density at radius 1 is 1.50 bits per heavy atom. The molecule has 0 bridgehead atoms. The highest BCUT2D eigenvalue weighted by Crippen LogP contribution is 2.32. The minimum absolute atomic E-state index is 0.328. The average molecular weight is 284 g/mol. The van der Waals surface area contributed by atoms with E-state index in [0.29, 0.717) is 17.9 Å². The van der Waals surface area contributed by atoms with Crippen LogP contribution in [0.1, 0.15) is 29.6 Å². The van der Waals surface area contributed by atoms with Crippen LogP contribution in [0.25, 0.3) is 0 Å². The maximum absolute atomic E-state index is 11.7. The van der Waals surface area contributed by atoms with E-state index in [-0.39, 0.29) is 5.97 Å². The Hall–Kier alpha value is -1.03. The summed E-state index contributed by atoms with van der Waals surface area (Å²) in [6.45, 7) is 0.499. The van der Waals surface area contributed by atoms with Gasteiger partial charge >= 0.3 is 5.97 Å². The van der Waals surface area contributed by atoms with E-state index >= 15 is 0 Å². The van der Waals surface area contributed by atoms with E-state index in [1.54, 1.807) is 18.2 Å². The van der Waals surface area contributed by atoms with E-state index in [1.807, 2.05) is 0 Å². The summed E-state index contributed by atoms with van der Waals surface area (Å²) in [5.41, 5.74) is 6.63. The van der Waals surface area contributed by atoms with Crippen molar-refractivity contribution in [1.29, 1.82) is 0 Å². The second kappa shape index (κ2) is 4.87. The first-order valence-corrected chi connectivity index (χ1v) is 6.18. The molecular weight excluding hydrogens is 270 g/mol. The Kier molecular flexibility index (Phi) is 3.49. The highest BCUT2D eigenvalue weighted by Gasteiger charge is 2.21. The number of carbonyl (C=O) groups is 1. The van der Waals surface area contributed by atoms with E-state index < -0.39 is 0 Å². The van der Waals surface area contributed by atoms with Crippen molar-refractivity contribution in [2.24, 2.45) is 5.92 Å². The van der Waals surface area contributed by atoms with Crippen molar-refractivity contribution in [2.45, 2.75) is 19.3 Å². The number of halogens is 1. The zero-order valence-electron chi connectivity index (χ0n) is 8.91. The molecule has 1 aliphatic rings. The molecule has 0 unspecified atom stereocenters. The predicted octanol–water partition coefficient (Wildman–Crippen LogP) is 2.99. The van der Waals surface area contributed by atoms with Crippen LogP contribution in [0.5, 0.6) is 0 Å². The molecule has 2 N–H and O–H groups in total. The van der Waals surface area contributed by atoms with Gasteiger partial charge in [0.15, 0.2) is 0 Å². The van der Waals surface area contributed by atoms with Gasteiger partial charge in [-0.3, -0.25) is 0 Å². The SMILES string of the molecule is Nc1cc(Br)ccc1C(=O)OCCC1CC1. The average Bonchev–Trinajstić information content (AvgIpc) is 3.01. The van der Waals surface area contributed by atoms with Gasteiger partial charge in [-0.1, -0.05) is 28.8 Å². The summed E-state index contributed by atoms with van der Waals surface area (Å²) in [4.78, 5) is 11.7. The number of nitrogen functional groups attached to an aromatic ring is 1. The van der Waals surface area contributed by atoms with Crippen LogP contribution in [-0.2, 0) is 4.74 Å². The number of esters is 1. The molecule has 0 aliphatic heterocycles. The molecular formula is C12H14BrNO2. The van der Waals surface area contributed by atoms with Gasteiger partial charge in [-0.2, -0.15) is 0 Å². The second-order valence-electron chi connectivity index (χ2n) is 4.10. The largest absolute Gasteiger partial charge is 0.462 e. The van der Waals surface area contributed by atoms with Crippen LogP contribution in [-0.4, -0.2) is 12.6 Å². The molecule has 0 spiro atoms. The maximum atomic E-state index is 11.7. The highest BCUT2D eigenvalue weighted by atomic mass is 79.9. The van der Waals surface area contributed by atoms with Crippen LogP contribution < -0.4 is 5.73 Å². The smallest absolute Gasteiger partial charge is 0.340 e. The Bertz CT molecular complexity index is 402. The summed E-state index contributed by atoms with van der Waals surface area (Å²) in [5.74, 6) is 0.445. The van der Waals surface area contributed by atoms with E-state index in [0.717, 1.165) is 16.8 Å². The predicted molar refractivity (Wildman–Crippen MR) is 66.2 cm³/mol. The number of anilines is 1. The molecule has 4 heteroatoms. The van der Waals surface area contributed by atoms with Gasteiger partial charge in [0.2, 0.25) is 0 Å². The summed E-state index contributed by atoms with van der Waals surface area (Å²) < 4.78 is 6.03. The van der Waals surface area contributed by atoms with Gasteiger partial charge in [0, 0.05) is 10.2 Å². The fourth-order valence-corrected chi connectivity index (χ4v) is 1.90. The first kappa shape index (κ1) is 11.5. The lowest BCUT2D eigenvalue weighted by molar-refractivity contribution is 0.0496. The third-order valence-electron chi connectivity index (χ3n) is 2.69. The van der Waals surface area contributed by atoms with E-state index in [9.17, 15) is 4.79 Å². The van der Waals surface area contributed by atoms with Crippen LogP contribution in [0, 0.1) is 5.92 Å². The molecule has 0 radical (unpaired) electrons. The summed E-state index contributed by atoms with van der Waals surface area (Å²) >= 11 is 3.29. The van der Waals surface area contributed by atoms with Gasteiger partial charge in [0.25, 0.3) is 0 Å². The van der Waals surface area contributed by atoms with Crippen LogP contribution in [0.2, 0.25) is 0 Å². The summed E-state index contributed by atoms with van der Waals surface area (Å²) in [5, 5.41) is 0. The lowest BCUT2D eigenvalue weighted by Gasteiger charge is -2.06. The molecule has 0 amide bonds. The van der Waals surface area contributed by atoms with Gasteiger partial charge < -0.3 is 10.5 Å². The normalized spacial score (nSPS) is 14.8. The molecule has 2 rings (SSSR count). The molecule has 16 heavy (non-hydrogen) atoms. The monoisotopic (exact) mass is 283 g/mol. The molecule has 0 atom stereocenters. The lowest BCUT2D eigenvalue weighted by atomic mass is 10.2. The van der Waals surface area contributed by atoms with Gasteiger partial charge in [-0.05, 0) is 30.5 Å². The number of benzene rings is 1. The van der Waals surface area contributed by atoms with Crippen LogP contribution >= 0.6 is 15.9 Å². The number of ether oxygens (including phenoxy) is 1. The van der Waals surface area contributed by atoms with Gasteiger partial charge in [-0.15, -0.1) is 0 Å². The summed E-state index contributed by atoms with van der Waals surface area (Å²) in [6.07, 6.45) is 3.53. The lowest BCUT2D eigenvalue weighted by Crippen LogP contribution is -2.09. The first-order valence-electron chi connectivity index (χ1n) is 5.39. The number of hydrogen-bond donors (Lipinski definition) is 1. The van der Waals surface area contributed by atoms with E-state index in [2.05, 4.69) is 15.9 Å². The summed E-state index contributed by atoms with van der Waals surface area (Å²) in [7, 11) is 0. The number of rotatable bonds is 4. The van der Waals surface area contributed by atoms with Crippen molar-refractivity contribution in [1.82, 2.24) is 0 Å². The second-order valence-corrected chi connectivity index (χ2v) is 5.02. The number of carbonyl (C=O) groups excluding carboxylic acids is 1. The molecule has 1 fully saturated rings. The molecule has 1 saturated carbocycles. The van der Waals surface area contributed by atoms with E-state index in [4.69, 9.17) is 10.5 Å². The molecule has 0 aromatic heterocycles. The molecule has 0 heterocycles. The zero-order chi connectivity index (χ0) is 11.5. The molecule has 86 valence electrons. The topological polar surface area (TPSA) is 52.3 Å². The van der Waals surface area contributed by atoms with Gasteiger partial charge in [0.1, 0.15) is 0 Å².